The first-order chi connectivity index (χ1) is 32.7. The Bertz CT molecular complexity index is 2560. The van der Waals surface area contributed by atoms with Gasteiger partial charge in [-0.05, 0) is 96.5 Å². The molecule has 328 valence electrons. The van der Waals surface area contributed by atoms with Gasteiger partial charge in [-0.15, -0.1) is 0 Å². The predicted molar refractivity (Wildman–Crippen MR) is 269 cm³/mol. The van der Waals surface area contributed by atoms with E-state index in [4.69, 9.17) is 20.0 Å². The van der Waals surface area contributed by atoms with Crippen molar-refractivity contribution >= 4 is 24.9 Å². The minimum Gasteiger partial charge on any atom is -0.356 e. The molecule has 66 heavy (non-hydrogen) atoms. The first kappa shape index (κ1) is 41.4. The van der Waals surface area contributed by atoms with Crippen LogP contribution in [0.2, 0.25) is 0 Å². The topological polar surface area (TPSA) is 113 Å². The molecule has 8 heteroatoms. The van der Waals surface area contributed by atoms with Crippen molar-refractivity contribution in [2.24, 2.45) is 20.0 Å². The third kappa shape index (κ3) is 7.74. The normalized spacial score (nSPS) is 21.5. The average molecular weight is 865 g/mol. The number of H-pyrrole nitrogens is 4. The van der Waals surface area contributed by atoms with Crippen LogP contribution in [-0.4, -0.2) is 69.0 Å². The van der Waals surface area contributed by atoms with Crippen molar-refractivity contribution in [3.63, 3.8) is 0 Å². The van der Waals surface area contributed by atoms with Crippen LogP contribution in [0.25, 0.3) is 0 Å². The fourth-order valence-electron chi connectivity index (χ4n) is 11.0. The van der Waals surface area contributed by atoms with E-state index in [0.29, 0.717) is 0 Å². The van der Waals surface area contributed by atoms with Crippen LogP contribution in [0.4, 0.5) is 0 Å². The summed E-state index contributed by atoms with van der Waals surface area (Å²) >= 11 is 0. The Hall–Kier alpha value is -7.32. The van der Waals surface area contributed by atoms with E-state index in [1.165, 1.54) is 0 Å². The molecule has 11 rings (SSSR count). The molecule has 3 aliphatic rings. The molecule has 8 nitrogen and oxygen atoms in total. The van der Waals surface area contributed by atoms with Crippen molar-refractivity contribution in [2.45, 2.75) is 86.4 Å². The van der Waals surface area contributed by atoms with E-state index >= 15 is 0 Å². The molecule has 4 N–H and O–H groups in total. The maximum atomic E-state index is 5.29. The fraction of sp³-hybridized carbons (Fsp3) is 0.241. The highest BCUT2D eigenvalue weighted by Crippen LogP contribution is 2.46. The summed E-state index contributed by atoms with van der Waals surface area (Å²) in [5.74, 6) is 0. The van der Waals surface area contributed by atoms with E-state index in [1.54, 1.807) is 0 Å². The van der Waals surface area contributed by atoms with Crippen LogP contribution >= 0.6 is 0 Å². The van der Waals surface area contributed by atoms with Crippen LogP contribution in [-0.2, 0) is 10.8 Å². The Morgan fingerprint density at radius 1 is 0.288 bits per heavy atom. The fourth-order valence-corrected chi connectivity index (χ4v) is 11.0. The van der Waals surface area contributed by atoms with Gasteiger partial charge in [0.2, 0.25) is 0 Å². The summed E-state index contributed by atoms with van der Waals surface area (Å²) in [6.45, 7) is 0. The molecule has 0 unspecified atom stereocenters. The molecule has 1 aliphatic heterocycles. The van der Waals surface area contributed by atoms with Gasteiger partial charge in [-0.1, -0.05) is 147 Å². The lowest BCUT2D eigenvalue weighted by molar-refractivity contribution is 0.390. The molecule has 0 saturated heterocycles. The highest BCUT2D eigenvalue weighted by atomic mass is 14.9. The van der Waals surface area contributed by atoms with Crippen molar-refractivity contribution in [3.8, 4) is 0 Å². The number of fused-ring (bicyclic) bond motifs is 10. The highest BCUT2D eigenvalue weighted by Gasteiger charge is 2.42. The number of aromatic amines is 4. The highest BCUT2D eigenvalue weighted by molar-refractivity contribution is 5.81. The number of hydrogen-bond acceptors (Lipinski definition) is 4. The van der Waals surface area contributed by atoms with E-state index in [9.17, 15) is 0 Å². The first-order valence-electron chi connectivity index (χ1n) is 23.8. The third-order valence-corrected chi connectivity index (χ3v) is 14.3. The molecule has 4 aromatic carbocycles. The quantitative estimate of drug-likeness (QED) is 0.135. The molecule has 2 aliphatic carbocycles. The van der Waals surface area contributed by atoms with Crippen LogP contribution < -0.4 is 0 Å². The van der Waals surface area contributed by atoms with Gasteiger partial charge in [0.1, 0.15) is 10.8 Å². The van der Waals surface area contributed by atoms with E-state index in [0.717, 1.165) is 119 Å². The van der Waals surface area contributed by atoms with Gasteiger partial charge in [-0.3, -0.25) is 20.0 Å². The van der Waals surface area contributed by atoms with Gasteiger partial charge >= 0.3 is 0 Å². The van der Waals surface area contributed by atoms with Crippen LogP contribution in [0.3, 0.4) is 0 Å². The number of nitrogens with one attached hydrogen (secondary N) is 4. The van der Waals surface area contributed by atoms with Crippen LogP contribution in [0.15, 0.2) is 190 Å². The monoisotopic (exact) mass is 864 g/mol. The molecule has 4 aromatic heterocycles. The lowest BCUT2D eigenvalue weighted by Crippen LogP contribution is -2.32. The van der Waals surface area contributed by atoms with Gasteiger partial charge in [-0.25, -0.2) is 0 Å². The SMILES string of the molecule is C1=N[C@@H]2CCCC[C@H]2N=Cc2ccc([nH]2)C(c2ccccc2)(c2ccccc2)c2ccc([nH]2)C=N[C@@H]2CCCC[C@H]2N=Cc2ccc([nH]2)C(c2ccccc2)(c2ccccc2)c2ccc1[nH]2. The van der Waals surface area contributed by atoms with Crippen molar-refractivity contribution in [1.82, 2.24) is 19.9 Å². The maximum absolute atomic E-state index is 5.29. The van der Waals surface area contributed by atoms with Gasteiger partial charge in [0, 0.05) is 47.6 Å². The smallest absolute Gasteiger partial charge is 0.100 e. The van der Waals surface area contributed by atoms with Gasteiger partial charge < -0.3 is 19.9 Å². The Labute approximate surface area is 387 Å². The number of hydrogen-bond donors (Lipinski definition) is 4. The first-order valence-corrected chi connectivity index (χ1v) is 23.8. The lowest BCUT2D eigenvalue weighted by atomic mass is 9.69. The minimum atomic E-state index is -0.663. The van der Waals surface area contributed by atoms with Crippen LogP contribution in [0.1, 0.15) is 119 Å². The van der Waals surface area contributed by atoms with E-state index in [2.05, 4.69) is 190 Å². The van der Waals surface area contributed by atoms with Gasteiger partial charge in [0.05, 0.1) is 46.9 Å². The summed E-state index contributed by atoms with van der Waals surface area (Å²) < 4.78 is 0. The second kappa shape index (κ2) is 18.3. The van der Waals surface area contributed by atoms with Crippen LogP contribution in [0, 0.1) is 0 Å². The van der Waals surface area contributed by atoms with Crippen molar-refractivity contribution < 1.29 is 0 Å². The predicted octanol–water partition coefficient (Wildman–Crippen LogP) is 11.8. The number of aliphatic imine (C=N–C) groups is 4. The average Bonchev–Trinajstić information content (AvgIpc) is 4.24. The van der Waals surface area contributed by atoms with E-state index in [-0.39, 0.29) is 24.2 Å². The van der Waals surface area contributed by atoms with Crippen LogP contribution in [0.5, 0.6) is 0 Å². The third-order valence-electron chi connectivity index (χ3n) is 14.3. The number of rotatable bonds is 4. The number of benzene rings is 4. The number of nitrogens with zero attached hydrogens (tertiary/aromatic N) is 4. The van der Waals surface area contributed by atoms with Gasteiger partial charge in [-0.2, -0.15) is 0 Å². The molecule has 2 saturated carbocycles. The summed E-state index contributed by atoms with van der Waals surface area (Å²) in [7, 11) is 0. The molecule has 0 radical (unpaired) electrons. The Morgan fingerprint density at radius 2 is 0.515 bits per heavy atom. The standard InChI is InChI=1S/C58H56N8/c1-5-17-41(18-6-1)57(42-19-7-2-8-20-42)53-33-29-45(63-53)37-59-49-25-13-15-27-51(49)61-39-47-31-35-55(65-47)58(43-21-9-3-10-22-43,44-23-11-4-12-24-44)56-36-32-48(66-56)40-62-52-28-16-14-26-50(52)60-38-46-30-34-54(57)64-46/h1-12,17-24,29-40,49-52,63-66H,13-16,25-28H2/t49-,50-,51-,52-/m1/s1. The zero-order valence-corrected chi connectivity index (χ0v) is 37.2. The summed E-state index contributed by atoms with van der Waals surface area (Å²) in [5.41, 5.74) is 11.4. The summed E-state index contributed by atoms with van der Waals surface area (Å²) in [4.78, 5) is 36.6. The molecule has 0 amide bonds. The zero-order chi connectivity index (χ0) is 44.2. The van der Waals surface area contributed by atoms with Gasteiger partial charge in [0.15, 0.2) is 0 Å². The molecule has 8 aromatic rings. The maximum Gasteiger partial charge on any atom is 0.100 e. The van der Waals surface area contributed by atoms with E-state index in [1.807, 2.05) is 24.9 Å². The largest absolute Gasteiger partial charge is 0.356 e. The molecule has 8 bridgehead atoms. The molecule has 2 fully saturated rings. The number of aromatic nitrogens is 4. The van der Waals surface area contributed by atoms with Crippen molar-refractivity contribution in [1.29, 1.82) is 0 Å². The Balaban J connectivity index is 1.05. The van der Waals surface area contributed by atoms with Gasteiger partial charge in [0.25, 0.3) is 0 Å². The molecular formula is C58H56N8. The lowest BCUT2D eigenvalue weighted by Gasteiger charge is -2.34. The minimum absolute atomic E-state index is 0.0727. The second-order valence-electron chi connectivity index (χ2n) is 18.2. The Morgan fingerprint density at radius 3 is 0.742 bits per heavy atom. The van der Waals surface area contributed by atoms with Crippen molar-refractivity contribution in [3.05, 3.63) is 238 Å². The second-order valence-corrected chi connectivity index (χ2v) is 18.2. The van der Waals surface area contributed by atoms with E-state index < -0.39 is 10.8 Å². The summed E-state index contributed by atoms with van der Waals surface area (Å²) in [6.07, 6.45) is 16.7. The molecule has 4 atom stereocenters. The molecular weight excluding hydrogens is 809 g/mol. The Kier molecular flexibility index (Phi) is 11.5. The zero-order valence-electron chi connectivity index (χ0n) is 37.2. The summed E-state index contributed by atoms with van der Waals surface area (Å²) in [6, 6.07) is 61.1. The molecule has 0 spiro atoms. The van der Waals surface area contributed by atoms with Crippen molar-refractivity contribution in [2.75, 3.05) is 0 Å². The summed E-state index contributed by atoms with van der Waals surface area (Å²) in [5, 5.41) is 0. The molecule has 5 heterocycles.